The van der Waals surface area contributed by atoms with Crippen LogP contribution in [-0.4, -0.2) is 36.1 Å². The quantitative estimate of drug-likeness (QED) is 0.937. The minimum absolute atomic E-state index is 0.313. The molecule has 4 heteroatoms. The Kier molecular flexibility index (Phi) is 4.45. The molecule has 1 fully saturated rings. The first-order valence-corrected chi connectivity index (χ1v) is 7.74. The first-order chi connectivity index (χ1) is 9.84. The van der Waals surface area contributed by atoms with Crippen LogP contribution in [0.5, 0.6) is 0 Å². The van der Waals surface area contributed by atoms with Gasteiger partial charge in [-0.25, -0.2) is 0 Å². The van der Waals surface area contributed by atoms with Crippen LogP contribution in [0.4, 0.5) is 0 Å². The Morgan fingerprint density at radius 3 is 2.20 bits per heavy atom. The summed E-state index contributed by atoms with van der Waals surface area (Å²) in [6, 6.07) is 13.2. The summed E-state index contributed by atoms with van der Waals surface area (Å²) in [5.41, 5.74) is 2.64. The van der Waals surface area contributed by atoms with Crippen LogP contribution in [-0.2, 0) is 0 Å². The molecule has 1 aliphatic rings. The summed E-state index contributed by atoms with van der Waals surface area (Å²) in [7, 11) is 0. The molecule has 1 aromatic carbocycles. The molecule has 1 saturated heterocycles. The molecular formula is C16H18BrN3. The van der Waals surface area contributed by atoms with Crippen molar-refractivity contribution in [2.45, 2.75) is 6.04 Å². The van der Waals surface area contributed by atoms with Crippen molar-refractivity contribution in [2.75, 3.05) is 26.2 Å². The molecule has 1 aliphatic heterocycles. The molecule has 1 aromatic heterocycles. The Balaban J connectivity index is 1.96. The molecule has 1 N–H and O–H groups in total. The van der Waals surface area contributed by atoms with Crippen molar-refractivity contribution in [3.63, 3.8) is 0 Å². The molecular weight excluding hydrogens is 314 g/mol. The van der Waals surface area contributed by atoms with E-state index in [4.69, 9.17) is 0 Å². The van der Waals surface area contributed by atoms with E-state index in [1.807, 2.05) is 12.4 Å². The van der Waals surface area contributed by atoms with Gasteiger partial charge in [-0.3, -0.25) is 9.88 Å². The highest BCUT2D eigenvalue weighted by Gasteiger charge is 2.23. The van der Waals surface area contributed by atoms with Crippen LogP contribution in [0.25, 0.3) is 0 Å². The normalized spacial score (nSPS) is 17.9. The third-order valence-electron chi connectivity index (χ3n) is 3.72. The van der Waals surface area contributed by atoms with Crippen molar-refractivity contribution >= 4 is 15.9 Å². The van der Waals surface area contributed by atoms with Crippen molar-refractivity contribution in [1.29, 1.82) is 0 Å². The molecule has 0 radical (unpaired) electrons. The molecule has 1 atom stereocenters. The fourth-order valence-corrected chi connectivity index (χ4v) is 3.01. The van der Waals surface area contributed by atoms with Gasteiger partial charge >= 0.3 is 0 Å². The largest absolute Gasteiger partial charge is 0.314 e. The van der Waals surface area contributed by atoms with Gasteiger partial charge in [-0.2, -0.15) is 0 Å². The smallest absolute Gasteiger partial charge is 0.0603 e. The summed E-state index contributed by atoms with van der Waals surface area (Å²) in [5.74, 6) is 0. The number of nitrogens with zero attached hydrogens (tertiary/aromatic N) is 2. The summed E-state index contributed by atoms with van der Waals surface area (Å²) in [5, 5.41) is 3.42. The monoisotopic (exact) mass is 331 g/mol. The lowest BCUT2D eigenvalue weighted by Gasteiger charge is -2.35. The topological polar surface area (TPSA) is 28.2 Å². The molecule has 0 amide bonds. The molecule has 0 saturated carbocycles. The lowest BCUT2D eigenvalue weighted by Crippen LogP contribution is -2.45. The van der Waals surface area contributed by atoms with E-state index in [0.717, 1.165) is 30.7 Å². The molecule has 2 aromatic rings. The third-order valence-corrected chi connectivity index (χ3v) is 4.25. The maximum absolute atomic E-state index is 4.14. The summed E-state index contributed by atoms with van der Waals surface area (Å²) < 4.78 is 1.12. The fourth-order valence-electron chi connectivity index (χ4n) is 2.75. The first kappa shape index (κ1) is 13.7. The van der Waals surface area contributed by atoms with Crippen molar-refractivity contribution in [3.05, 3.63) is 64.4 Å². The molecule has 3 nitrogen and oxygen atoms in total. The lowest BCUT2D eigenvalue weighted by atomic mass is 9.97. The second-order valence-corrected chi connectivity index (χ2v) is 5.94. The van der Waals surface area contributed by atoms with Crippen molar-refractivity contribution in [3.8, 4) is 0 Å². The molecule has 3 rings (SSSR count). The van der Waals surface area contributed by atoms with E-state index in [0.29, 0.717) is 6.04 Å². The van der Waals surface area contributed by atoms with E-state index in [1.54, 1.807) is 0 Å². The van der Waals surface area contributed by atoms with Gasteiger partial charge in [0.1, 0.15) is 0 Å². The number of halogens is 1. The SMILES string of the molecule is Brc1ccc(C(c2ccncc2)N2CCNCC2)cc1. The van der Waals surface area contributed by atoms with Crippen LogP contribution in [0.2, 0.25) is 0 Å². The Morgan fingerprint density at radius 1 is 0.950 bits per heavy atom. The number of piperazine rings is 1. The highest BCUT2D eigenvalue weighted by molar-refractivity contribution is 9.10. The van der Waals surface area contributed by atoms with Crippen molar-refractivity contribution in [2.24, 2.45) is 0 Å². The van der Waals surface area contributed by atoms with Crippen LogP contribution in [0.3, 0.4) is 0 Å². The van der Waals surface area contributed by atoms with Gasteiger partial charge in [0.2, 0.25) is 0 Å². The van der Waals surface area contributed by atoms with E-state index in [1.165, 1.54) is 11.1 Å². The maximum Gasteiger partial charge on any atom is 0.0603 e. The number of hydrogen-bond donors (Lipinski definition) is 1. The maximum atomic E-state index is 4.14. The lowest BCUT2D eigenvalue weighted by molar-refractivity contribution is 0.198. The second kappa shape index (κ2) is 6.48. The molecule has 104 valence electrons. The van der Waals surface area contributed by atoms with Crippen LogP contribution in [0.15, 0.2) is 53.3 Å². The van der Waals surface area contributed by atoms with Gasteiger partial charge in [0.05, 0.1) is 6.04 Å². The standard InChI is InChI=1S/C16H18BrN3/c17-15-3-1-13(2-4-15)16(14-5-7-18-8-6-14)20-11-9-19-10-12-20/h1-8,16,19H,9-12H2. The average Bonchev–Trinajstić information content (AvgIpc) is 2.52. The number of benzene rings is 1. The minimum atomic E-state index is 0.313. The van der Waals surface area contributed by atoms with Gasteiger partial charge < -0.3 is 5.32 Å². The Morgan fingerprint density at radius 2 is 1.55 bits per heavy atom. The van der Waals surface area contributed by atoms with Gasteiger partial charge in [0, 0.05) is 43.0 Å². The van der Waals surface area contributed by atoms with E-state index >= 15 is 0 Å². The zero-order chi connectivity index (χ0) is 13.8. The van der Waals surface area contributed by atoms with Crippen molar-refractivity contribution in [1.82, 2.24) is 15.2 Å². The van der Waals surface area contributed by atoms with Gasteiger partial charge in [-0.15, -0.1) is 0 Å². The van der Waals surface area contributed by atoms with Crippen LogP contribution < -0.4 is 5.32 Å². The Bertz CT molecular complexity index is 535. The van der Waals surface area contributed by atoms with Crippen LogP contribution >= 0.6 is 15.9 Å². The minimum Gasteiger partial charge on any atom is -0.314 e. The summed E-state index contributed by atoms with van der Waals surface area (Å²) in [4.78, 5) is 6.68. The summed E-state index contributed by atoms with van der Waals surface area (Å²) in [6.45, 7) is 4.25. The molecule has 0 spiro atoms. The summed E-state index contributed by atoms with van der Waals surface area (Å²) >= 11 is 3.51. The first-order valence-electron chi connectivity index (χ1n) is 6.95. The Hall–Kier alpha value is -1.23. The number of rotatable bonds is 3. The highest BCUT2D eigenvalue weighted by Crippen LogP contribution is 2.29. The van der Waals surface area contributed by atoms with Gasteiger partial charge in [-0.1, -0.05) is 28.1 Å². The van der Waals surface area contributed by atoms with Gasteiger partial charge in [-0.05, 0) is 35.4 Å². The molecule has 2 heterocycles. The van der Waals surface area contributed by atoms with E-state index in [9.17, 15) is 0 Å². The molecule has 0 aliphatic carbocycles. The fraction of sp³-hybridized carbons (Fsp3) is 0.312. The summed E-state index contributed by atoms with van der Waals surface area (Å²) in [6.07, 6.45) is 3.76. The van der Waals surface area contributed by atoms with E-state index < -0.39 is 0 Å². The zero-order valence-electron chi connectivity index (χ0n) is 11.3. The van der Waals surface area contributed by atoms with Crippen LogP contribution in [0.1, 0.15) is 17.2 Å². The number of nitrogens with one attached hydrogen (secondary N) is 1. The van der Waals surface area contributed by atoms with Crippen LogP contribution in [0, 0.1) is 0 Å². The second-order valence-electron chi connectivity index (χ2n) is 5.02. The number of hydrogen-bond acceptors (Lipinski definition) is 3. The van der Waals surface area contributed by atoms with E-state index in [2.05, 4.69) is 67.5 Å². The van der Waals surface area contributed by atoms with Crippen molar-refractivity contribution < 1.29 is 0 Å². The number of aromatic nitrogens is 1. The molecule has 1 unspecified atom stereocenters. The zero-order valence-corrected chi connectivity index (χ0v) is 12.9. The molecule has 0 bridgehead atoms. The van der Waals surface area contributed by atoms with E-state index in [-0.39, 0.29) is 0 Å². The Labute approximate surface area is 128 Å². The van der Waals surface area contributed by atoms with Gasteiger partial charge in [0.15, 0.2) is 0 Å². The predicted octanol–water partition coefficient (Wildman–Crippen LogP) is 2.84. The predicted molar refractivity (Wildman–Crippen MR) is 84.7 cm³/mol. The molecule has 20 heavy (non-hydrogen) atoms. The average molecular weight is 332 g/mol. The van der Waals surface area contributed by atoms with Gasteiger partial charge in [0.25, 0.3) is 0 Å². The highest BCUT2D eigenvalue weighted by atomic mass is 79.9. The third kappa shape index (κ3) is 3.08. The number of pyridine rings is 1.